The van der Waals surface area contributed by atoms with Gasteiger partial charge < -0.3 is 29.5 Å². The number of ether oxygens (including phenoxy) is 3. The van der Waals surface area contributed by atoms with Crippen LogP contribution in [-0.2, 0) is 19.0 Å². The number of hydrogen-bond donors (Lipinski definition) is 3. The van der Waals surface area contributed by atoms with Gasteiger partial charge >= 0.3 is 5.97 Å². The molecule has 3 rings (SSSR count). The van der Waals surface area contributed by atoms with E-state index in [0.717, 1.165) is 83.5 Å². The zero-order valence-electron chi connectivity index (χ0n) is 28.1. The molecule has 0 aromatic rings. The van der Waals surface area contributed by atoms with Gasteiger partial charge in [-0.15, -0.1) is 0 Å². The Morgan fingerprint density at radius 2 is 1.18 bits per heavy atom. The number of aliphatic hydroxyl groups excluding tert-OH is 3. The summed E-state index contributed by atoms with van der Waals surface area (Å²) in [7, 11) is 0. The van der Waals surface area contributed by atoms with Crippen molar-refractivity contribution in [1.82, 2.24) is 0 Å². The van der Waals surface area contributed by atoms with Crippen LogP contribution in [0.3, 0.4) is 0 Å². The zero-order chi connectivity index (χ0) is 31.6. The first-order valence-corrected chi connectivity index (χ1v) is 18.6. The minimum absolute atomic E-state index is 0.0226. The maximum atomic E-state index is 11.7. The molecule has 3 heterocycles. The second-order valence-corrected chi connectivity index (χ2v) is 14.0. The van der Waals surface area contributed by atoms with Gasteiger partial charge in [0.25, 0.3) is 0 Å². The van der Waals surface area contributed by atoms with E-state index in [2.05, 4.69) is 6.92 Å². The summed E-state index contributed by atoms with van der Waals surface area (Å²) in [6, 6.07) is 0. The van der Waals surface area contributed by atoms with E-state index in [4.69, 9.17) is 14.2 Å². The SMILES string of the molecule is CCCCCCCCCCCCC(O)C1CCC(C2CCCC(C(O)CCCCCCCC(O)CC3=CC(C)OC3=O)O2)O1. The predicted molar refractivity (Wildman–Crippen MR) is 175 cm³/mol. The normalized spacial score (nSPS) is 27.7. The van der Waals surface area contributed by atoms with Crippen molar-refractivity contribution in [2.45, 2.75) is 217 Å². The van der Waals surface area contributed by atoms with Gasteiger partial charge in [-0.2, -0.15) is 0 Å². The van der Waals surface area contributed by atoms with E-state index < -0.39 is 12.2 Å². The Bertz CT molecular complexity index is 801. The maximum Gasteiger partial charge on any atom is 0.334 e. The number of esters is 1. The molecule has 7 nitrogen and oxygen atoms in total. The Kier molecular flexibility index (Phi) is 18.5. The average Bonchev–Trinajstić information content (AvgIpc) is 3.63. The lowest BCUT2D eigenvalue weighted by Gasteiger charge is -2.36. The maximum absolute atomic E-state index is 11.7. The average molecular weight is 623 g/mol. The van der Waals surface area contributed by atoms with Crippen molar-refractivity contribution >= 4 is 5.97 Å². The predicted octanol–water partition coefficient (Wildman–Crippen LogP) is 7.86. The van der Waals surface area contributed by atoms with Crippen molar-refractivity contribution in [3.8, 4) is 0 Å². The number of carbonyl (C=O) groups excluding carboxylic acids is 1. The number of hydrogen-bond acceptors (Lipinski definition) is 7. The summed E-state index contributed by atoms with van der Waals surface area (Å²) in [4.78, 5) is 11.7. The molecule has 0 aliphatic carbocycles. The first-order chi connectivity index (χ1) is 21.4. The van der Waals surface area contributed by atoms with Crippen LogP contribution < -0.4 is 0 Å². The molecule has 3 aliphatic rings. The third kappa shape index (κ3) is 14.2. The molecular weight excluding hydrogens is 556 g/mol. The van der Waals surface area contributed by atoms with Gasteiger partial charge in [0.05, 0.1) is 42.7 Å². The molecule has 3 aliphatic heterocycles. The molecule has 0 aromatic heterocycles. The van der Waals surface area contributed by atoms with Crippen LogP contribution in [0.15, 0.2) is 11.6 Å². The molecular formula is C37H66O7. The molecule has 256 valence electrons. The Morgan fingerprint density at radius 3 is 1.73 bits per heavy atom. The third-order valence-electron chi connectivity index (χ3n) is 10.0. The monoisotopic (exact) mass is 622 g/mol. The number of aliphatic hydroxyl groups is 3. The van der Waals surface area contributed by atoms with Crippen molar-refractivity contribution < 1.29 is 34.3 Å². The highest BCUT2D eigenvalue weighted by atomic mass is 16.6. The summed E-state index contributed by atoms with van der Waals surface area (Å²) in [5.74, 6) is -0.294. The van der Waals surface area contributed by atoms with Gasteiger partial charge in [-0.1, -0.05) is 103 Å². The summed E-state index contributed by atoms with van der Waals surface area (Å²) < 4.78 is 17.8. The van der Waals surface area contributed by atoms with Crippen LogP contribution >= 0.6 is 0 Å². The van der Waals surface area contributed by atoms with Gasteiger partial charge in [0, 0.05) is 12.0 Å². The molecule has 0 saturated carbocycles. The van der Waals surface area contributed by atoms with Crippen LogP contribution in [0, 0.1) is 0 Å². The Labute approximate surface area is 268 Å². The standard InChI is InChI=1S/C37H66O7/c1-3-4-5-6-7-8-9-10-13-16-21-32(40)34-24-25-36(44-34)35-23-18-22-33(43-35)31(39)20-17-14-11-12-15-19-30(38)27-29-26-28(2)42-37(29)41/h26,28,30-36,38-40H,3-25,27H2,1-2H3. The van der Waals surface area contributed by atoms with E-state index in [0.29, 0.717) is 18.4 Å². The fraction of sp³-hybridized carbons (Fsp3) is 0.919. The minimum atomic E-state index is -0.496. The van der Waals surface area contributed by atoms with Gasteiger partial charge in [-0.05, 0) is 64.4 Å². The van der Waals surface area contributed by atoms with Crippen LogP contribution in [0.5, 0.6) is 0 Å². The Morgan fingerprint density at radius 1 is 0.682 bits per heavy atom. The number of cyclic esters (lactones) is 1. The van der Waals surface area contributed by atoms with Crippen molar-refractivity contribution in [3.05, 3.63) is 11.6 Å². The number of rotatable bonds is 24. The Balaban J connectivity index is 1.19. The zero-order valence-corrected chi connectivity index (χ0v) is 28.1. The molecule has 0 spiro atoms. The molecule has 0 radical (unpaired) electrons. The fourth-order valence-electron chi connectivity index (χ4n) is 7.30. The van der Waals surface area contributed by atoms with E-state index >= 15 is 0 Å². The summed E-state index contributed by atoms with van der Waals surface area (Å²) >= 11 is 0. The van der Waals surface area contributed by atoms with Crippen molar-refractivity contribution in [1.29, 1.82) is 0 Å². The topological polar surface area (TPSA) is 105 Å². The van der Waals surface area contributed by atoms with E-state index in [1.54, 1.807) is 6.08 Å². The second-order valence-electron chi connectivity index (χ2n) is 14.0. The molecule has 8 atom stereocenters. The van der Waals surface area contributed by atoms with Crippen molar-refractivity contribution in [2.75, 3.05) is 0 Å². The third-order valence-corrected chi connectivity index (χ3v) is 10.0. The number of carbonyl (C=O) groups is 1. The quantitative estimate of drug-likeness (QED) is 0.0743. The van der Waals surface area contributed by atoms with Gasteiger partial charge in [-0.25, -0.2) is 4.79 Å². The molecule has 0 amide bonds. The van der Waals surface area contributed by atoms with Gasteiger partial charge in [-0.3, -0.25) is 0 Å². The fourth-order valence-corrected chi connectivity index (χ4v) is 7.30. The summed E-state index contributed by atoms with van der Waals surface area (Å²) in [5.41, 5.74) is 0.600. The van der Waals surface area contributed by atoms with Crippen LogP contribution in [0.1, 0.15) is 168 Å². The Hall–Kier alpha value is -0.990. The van der Waals surface area contributed by atoms with E-state index in [9.17, 15) is 20.1 Å². The molecule has 2 fully saturated rings. The molecule has 7 heteroatoms. The van der Waals surface area contributed by atoms with Gasteiger partial charge in [0.15, 0.2) is 0 Å². The molecule has 3 N–H and O–H groups in total. The lowest BCUT2D eigenvalue weighted by atomic mass is 9.94. The van der Waals surface area contributed by atoms with E-state index in [1.807, 2.05) is 6.92 Å². The largest absolute Gasteiger partial charge is 0.455 e. The highest BCUT2D eigenvalue weighted by Gasteiger charge is 2.39. The molecule has 0 bridgehead atoms. The summed E-state index contributed by atoms with van der Waals surface area (Å²) in [6.07, 6.45) is 25.7. The highest BCUT2D eigenvalue weighted by molar-refractivity contribution is 5.90. The lowest BCUT2D eigenvalue weighted by Crippen LogP contribution is -2.42. The van der Waals surface area contributed by atoms with Gasteiger partial charge in [0.2, 0.25) is 0 Å². The molecule has 2 saturated heterocycles. The van der Waals surface area contributed by atoms with Crippen molar-refractivity contribution in [2.24, 2.45) is 0 Å². The number of unbranched alkanes of at least 4 members (excludes halogenated alkanes) is 13. The van der Waals surface area contributed by atoms with Gasteiger partial charge in [0.1, 0.15) is 6.10 Å². The van der Waals surface area contributed by atoms with Crippen LogP contribution in [0.25, 0.3) is 0 Å². The van der Waals surface area contributed by atoms with Crippen LogP contribution in [0.4, 0.5) is 0 Å². The highest BCUT2D eigenvalue weighted by Crippen LogP contribution is 2.34. The van der Waals surface area contributed by atoms with Crippen LogP contribution in [-0.4, -0.2) is 70.1 Å². The van der Waals surface area contributed by atoms with Crippen LogP contribution in [0.2, 0.25) is 0 Å². The minimum Gasteiger partial charge on any atom is -0.455 e. The van der Waals surface area contributed by atoms with E-state index in [-0.39, 0.29) is 42.6 Å². The summed E-state index contributed by atoms with van der Waals surface area (Å²) in [5, 5.41) is 31.9. The van der Waals surface area contributed by atoms with Crippen molar-refractivity contribution in [3.63, 3.8) is 0 Å². The smallest absolute Gasteiger partial charge is 0.334 e. The molecule has 0 aromatic carbocycles. The second kappa shape index (κ2) is 21.7. The first kappa shape index (κ1) is 37.5. The lowest BCUT2D eigenvalue weighted by molar-refractivity contribution is -0.159. The molecule has 8 unspecified atom stereocenters. The molecule has 44 heavy (non-hydrogen) atoms. The van der Waals surface area contributed by atoms with E-state index in [1.165, 1.54) is 57.8 Å². The summed E-state index contributed by atoms with van der Waals surface area (Å²) in [6.45, 7) is 4.10. The first-order valence-electron chi connectivity index (χ1n) is 18.6.